The number of rotatable bonds is 3. The van der Waals surface area contributed by atoms with Gasteiger partial charge in [-0.15, -0.1) is 0 Å². The molecule has 0 spiro atoms. The summed E-state index contributed by atoms with van der Waals surface area (Å²) in [6, 6.07) is 0. The number of hydrogen-bond donors (Lipinski definition) is 2. The largest absolute Gasteiger partial charge is 0.394 e. The maximum atomic E-state index is 9.08. The predicted molar refractivity (Wildman–Crippen MR) is 50.0 cm³/mol. The molecule has 1 saturated heterocycles. The van der Waals surface area contributed by atoms with Gasteiger partial charge < -0.3 is 15.7 Å². The summed E-state index contributed by atoms with van der Waals surface area (Å²) in [6.45, 7) is 5.40. The Hall–Kier alpha value is -0.120. The summed E-state index contributed by atoms with van der Waals surface area (Å²) in [5.41, 5.74) is 5.66. The summed E-state index contributed by atoms with van der Waals surface area (Å²) in [4.78, 5) is 2.35. The molecule has 0 amide bonds. The van der Waals surface area contributed by atoms with Crippen LogP contribution in [0.25, 0.3) is 0 Å². The Bertz CT molecular complexity index is 138. The second kappa shape index (κ2) is 4.21. The molecule has 1 aliphatic heterocycles. The lowest BCUT2D eigenvalue weighted by atomic mass is 9.91. The van der Waals surface area contributed by atoms with Gasteiger partial charge in [0.1, 0.15) is 0 Å². The van der Waals surface area contributed by atoms with E-state index in [0.29, 0.717) is 0 Å². The maximum Gasteiger partial charge on any atom is 0.0623 e. The van der Waals surface area contributed by atoms with Crippen LogP contribution in [0.4, 0.5) is 0 Å². The van der Waals surface area contributed by atoms with Gasteiger partial charge in [-0.25, -0.2) is 0 Å². The predicted octanol–water partition coefficient (Wildman–Crippen LogP) is 0.182. The van der Waals surface area contributed by atoms with Crippen molar-refractivity contribution < 1.29 is 5.11 Å². The van der Waals surface area contributed by atoms with Crippen LogP contribution >= 0.6 is 0 Å². The highest BCUT2D eigenvalue weighted by Gasteiger charge is 2.30. The number of piperidine rings is 1. The molecule has 1 unspecified atom stereocenters. The third-order valence-corrected chi connectivity index (χ3v) is 2.54. The fourth-order valence-corrected chi connectivity index (χ4v) is 1.89. The molecule has 0 aliphatic carbocycles. The van der Waals surface area contributed by atoms with Crippen LogP contribution in [0, 0.1) is 0 Å². The van der Waals surface area contributed by atoms with Crippen LogP contribution in [0.1, 0.15) is 26.2 Å². The Morgan fingerprint density at radius 2 is 2.33 bits per heavy atom. The first-order chi connectivity index (χ1) is 5.70. The van der Waals surface area contributed by atoms with E-state index in [2.05, 4.69) is 11.8 Å². The normalized spacial score (nSPS) is 32.2. The van der Waals surface area contributed by atoms with E-state index in [0.717, 1.165) is 32.5 Å². The van der Waals surface area contributed by atoms with Gasteiger partial charge in [-0.1, -0.05) is 6.92 Å². The van der Waals surface area contributed by atoms with Crippen molar-refractivity contribution in [1.82, 2.24) is 4.90 Å². The molecule has 1 atom stereocenters. The lowest BCUT2D eigenvalue weighted by Gasteiger charge is -2.38. The zero-order chi connectivity index (χ0) is 9.03. The van der Waals surface area contributed by atoms with Crippen LogP contribution in [0.2, 0.25) is 0 Å². The van der Waals surface area contributed by atoms with E-state index < -0.39 is 0 Å². The molecule has 0 aromatic rings. The SMILES string of the molecule is CCCN1CCCC(N)(CO)C1. The molecule has 0 aromatic carbocycles. The summed E-state index contributed by atoms with van der Waals surface area (Å²) >= 11 is 0. The van der Waals surface area contributed by atoms with E-state index in [1.54, 1.807) is 0 Å². The quantitative estimate of drug-likeness (QED) is 0.638. The second-order valence-corrected chi connectivity index (χ2v) is 3.90. The molecule has 0 aromatic heterocycles. The number of nitrogens with two attached hydrogens (primary N) is 1. The van der Waals surface area contributed by atoms with Crippen LogP contribution in [0.3, 0.4) is 0 Å². The lowest BCUT2D eigenvalue weighted by molar-refractivity contribution is 0.0945. The Balaban J connectivity index is 2.39. The number of likely N-dealkylation sites (tertiary alicyclic amines) is 1. The maximum absolute atomic E-state index is 9.08. The molecular formula is C9H20N2O. The average Bonchev–Trinajstić information content (AvgIpc) is 2.05. The van der Waals surface area contributed by atoms with Crippen molar-refractivity contribution in [2.24, 2.45) is 5.73 Å². The number of aliphatic hydroxyl groups excluding tert-OH is 1. The first-order valence-corrected chi connectivity index (χ1v) is 4.82. The standard InChI is InChI=1S/C9H20N2O/c1-2-5-11-6-3-4-9(10,7-11)8-12/h12H,2-8,10H2,1H3. The van der Waals surface area contributed by atoms with Crippen molar-refractivity contribution in [2.45, 2.75) is 31.7 Å². The fourth-order valence-electron chi connectivity index (χ4n) is 1.89. The van der Waals surface area contributed by atoms with Gasteiger partial charge in [-0.3, -0.25) is 0 Å². The average molecular weight is 172 g/mol. The van der Waals surface area contributed by atoms with Gasteiger partial charge >= 0.3 is 0 Å². The first-order valence-electron chi connectivity index (χ1n) is 4.82. The van der Waals surface area contributed by atoms with Crippen LogP contribution in [-0.2, 0) is 0 Å². The summed E-state index contributed by atoms with van der Waals surface area (Å²) in [5.74, 6) is 0. The number of hydrogen-bond acceptors (Lipinski definition) is 3. The van der Waals surface area contributed by atoms with Gasteiger partial charge in [0.25, 0.3) is 0 Å². The number of nitrogens with zero attached hydrogens (tertiary/aromatic N) is 1. The third-order valence-electron chi connectivity index (χ3n) is 2.54. The lowest BCUT2D eigenvalue weighted by Crippen LogP contribution is -2.56. The van der Waals surface area contributed by atoms with Gasteiger partial charge in [0.15, 0.2) is 0 Å². The molecule has 1 fully saturated rings. The second-order valence-electron chi connectivity index (χ2n) is 3.90. The monoisotopic (exact) mass is 172 g/mol. The van der Waals surface area contributed by atoms with E-state index in [1.165, 1.54) is 6.42 Å². The van der Waals surface area contributed by atoms with Crippen LogP contribution in [0.15, 0.2) is 0 Å². The van der Waals surface area contributed by atoms with Crippen molar-refractivity contribution >= 4 is 0 Å². The molecule has 1 rings (SSSR count). The Labute approximate surface area is 74.5 Å². The molecule has 72 valence electrons. The van der Waals surface area contributed by atoms with E-state index in [1.807, 2.05) is 0 Å². The van der Waals surface area contributed by atoms with Crippen molar-refractivity contribution in [2.75, 3.05) is 26.2 Å². The highest BCUT2D eigenvalue weighted by Crippen LogP contribution is 2.17. The molecule has 12 heavy (non-hydrogen) atoms. The summed E-state index contributed by atoms with van der Waals surface area (Å²) < 4.78 is 0. The van der Waals surface area contributed by atoms with Gasteiger partial charge in [0.2, 0.25) is 0 Å². The minimum absolute atomic E-state index is 0.118. The fraction of sp³-hybridized carbons (Fsp3) is 1.00. The van der Waals surface area contributed by atoms with Gasteiger partial charge in [0.05, 0.1) is 12.1 Å². The Morgan fingerprint density at radius 1 is 1.58 bits per heavy atom. The zero-order valence-corrected chi connectivity index (χ0v) is 7.92. The number of aliphatic hydroxyl groups is 1. The van der Waals surface area contributed by atoms with Gasteiger partial charge in [-0.05, 0) is 32.4 Å². The highest BCUT2D eigenvalue weighted by atomic mass is 16.3. The molecule has 3 N–H and O–H groups in total. The highest BCUT2D eigenvalue weighted by molar-refractivity contribution is 4.90. The molecular weight excluding hydrogens is 152 g/mol. The Kier molecular flexibility index (Phi) is 3.50. The third kappa shape index (κ3) is 2.44. The molecule has 1 aliphatic rings. The first kappa shape index (κ1) is 9.96. The molecule has 0 bridgehead atoms. The smallest absolute Gasteiger partial charge is 0.0623 e. The minimum Gasteiger partial charge on any atom is -0.394 e. The summed E-state index contributed by atoms with van der Waals surface area (Å²) in [7, 11) is 0. The summed E-state index contributed by atoms with van der Waals surface area (Å²) in [5, 5.41) is 9.08. The molecule has 1 heterocycles. The van der Waals surface area contributed by atoms with Gasteiger partial charge in [0, 0.05) is 6.54 Å². The molecule has 0 saturated carbocycles. The van der Waals surface area contributed by atoms with E-state index in [9.17, 15) is 0 Å². The topological polar surface area (TPSA) is 49.5 Å². The van der Waals surface area contributed by atoms with Crippen LogP contribution in [-0.4, -0.2) is 41.8 Å². The zero-order valence-electron chi connectivity index (χ0n) is 7.92. The molecule has 0 radical (unpaired) electrons. The van der Waals surface area contributed by atoms with Crippen LogP contribution < -0.4 is 5.73 Å². The summed E-state index contributed by atoms with van der Waals surface area (Å²) in [6.07, 6.45) is 3.25. The van der Waals surface area contributed by atoms with Crippen molar-refractivity contribution in [3.05, 3.63) is 0 Å². The van der Waals surface area contributed by atoms with Gasteiger partial charge in [-0.2, -0.15) is 0 Å². The van der Waals surface area contributed by atoms with Crippen LogP contribution in [0.5, 0.6) is 0 Å². The van der Waals surface area contributed by atoms with Crippen molar-refractivity contribution in [1.29, 1.82) is 0 Å². The van der Waals surface area contributed by atoms with Crippen molar-refractivity contribution in [3.8, 4) is 0 Å². The van der Waals surface area contributed by atoms with E-state index in [4.69, 9.17) is 10.8 Å². The molecule has 3 heteroatoms. The van der Waals surface area contributed by atoms with Crippen molar-refractivity contribution in [3.63, 3.8) is 0 Å². The minimum atomic E-state index is -0.326. The Morgan fingerprint density at radius 3 is 2.92 bits per heavy atom. The molecule has 3 nitrogen and oxygen atoms in total. The van der Waals surface area contributed by atoms with E-state index >= 15 is 0 Å². The van der Waals surface area contributed by atoms with E-state index in [-0.39, 0.29) is 12.1 Å².